The van der Waals surface area contributed by atoms with Gasteiger partial charge in [-0.2, -0.15) is 0 Å². The molecule has 0 saturated heterocycles. The normalized spacial score (nSPS) is 10.2. The van der Waals surface area contributed by atoms with E-state index in [9.17, 15) is 0 Å². The lowest BCUT2D eigenvalue weighted by atomic mass is 10.2. The lowest BCUT2D eigenvalue weighted by Gasteiger charge is -2.01. The molecule has 0 atom stereocenters. The predicted molar refractivity (Wildman–Crippen MR) is 56.1 cm³/mol. The zero-order valence-electron chi connectivity index (χ0n) is 6.85. The maximum absolute atomic E-state index is 5.04. The number of benzene rings is 1. The summed E-state index contributed by atoms with van der Waals surface area (Å²) >= 11 is 6.37. The lowest BCUT2D eigenvalue weighted by Crippen LogP contribution is -1.98. The van der Waals surface area contributed by atoms with E-state index < -0.39 is 0 Å². The Kier molecular flexibility index (Phi) is 2.20. The van der Waals surface area contributed by atoms with Gasteiger partial charge in [-0.25, -0.2) is 0 Å². The molecule has 0 bridgehead atoms. The summed E-state index contributed by atoms with van der Waals surface area (Å²) in [6, 6.07) is 5.71. The average Bonchev–Trinajstić information content (AvgIpc) is 2.63. The molecule has 0 amide bonds. The number of thiocarbonyl (C=S) groups is 1. The maximum Gasteiger partial charge on any atom is 0.192 e. The molecular weight excluding hydrogens is 204 g/mol. The molecule has 0 radical (unpaired) electrons. The summed E-state index contributed by atoms with van der Waals surface area (Å²) in [4.78, 5) is 0. The van der Waals surface area contributed by atoms with Crippen LogP contribution in [0.5, 0.6) is 0 Å². The van der Waals surface area contributed by atoms with Gasteiger partial charge in [-0.1, -0.05) is 10.6 Å². The van der Waals surface area contributed by atoms with Gasteiger partial charge >= 0.3 is 0 Å². The topological polar surface area (TPSA) is 35.0 Å². The van der Waals surface area contributed by atoms with Gasteiger partial charge in [0.1, 0.15) is 5.52 Å². The highest BCUT2D eigenvalue weighted by molar-refractivity contribution is 7.80. The zero-order chi connectivity index (χ0) is 9.26. The summed E-state index contributed by atoms with van der Waals surface area (Å²) < 4.78 is 9.83. The van der Waals surface area contributed by atoms with Crippen LogP contribution in [0.4, 0.5) is 0 Å². The van der Waals surface area contributed by atoms with Gasteiger partial charge in [0, 0.05) is 5.56 Å². The molecule has 1 aromatic carbocycles. The third-order valence-corrected chi connectivity index (χ3v) is 2.84. The number of fused-ring (bicyclic) bond motifs is 1. The van der Waals surface area contributed by atoms with Gasteiger partial charge in [0.05, 0.1) is 11.8 Å². The molecule has 0 aliphatic carbocycles. The van der Waals surface area contributed by atoms with E-state index in [1.807, 2.05) is 18.2 Å². The van der Waals surface area contributed by atoms with Crippen LogP contribution in [0.1, 0.15) is 5.56 Å². The summed E-state index contributed by atoms with van der Waals surface area (Å²) in [6.07, 6.45) is 0. The van der Waals surface area contributed by atoms with E-state index in [0.29, 0.717) is 5.05 Å². The molecule has 0 aliphatic rings. The van der Waals surface area contributed by atoms with Crippen molar-refractivity contribution >= 4 is 39.0 Å². The molecule has 0 aliphatic heterocycles. The van der Waals surface area contributed by atoms with Gasteiger partial charge < -0.3 is 4.74 Å². The fourth-order valence-corrected chi connectivity index (χ4v) is 1.98. The Morgan fingerprint density at radius 2 is 2.38 bits per heavy atom. The summed E-state index contributed by atoms with van der Waals surface area (Å²) in [5.41, 5.74) is 1.76. The van der Waals surface area contributed by atoms with E-state index in [2.05, 4.69) is 9.59 Å². The van der Waals surface area contributed by atoms with Crippen molar-refractivity contribution < 1.29 is 4.74 Å². The van der Waals surface area contributed by atoms with Gasteiger partial charge in [-0.3, -0.25) is 0 Å². The molecule has 1 heterocycles. The number of aromatic nitrogens is 2. The molecule has 13 heavy (non-hydrogen) atoms. The van der Waals surface area contributed by atoms with Gasteiger partial charge in [-0.15, -0.1) is 5.10 Å². The van der Waals surface area contributed by atoms with Crippen molar-refractivity contribution in [3.05, 3.63) is 23.8 Å². The summed E-state index contributed by atoms with van der Waals surface area (Å²) in [7, 11) is 1.57. The Hall–Kier alpha value is -1.07. The van der Waals surface area contributed by atoms with Crippen molar-refractivity contribution in [1.82, 2.24) is 9.59 Å². The van der Waals surface area contributed by atoms with E-state index in [4.69, 9.17) is 17.0 Å². The van der Waals surface area contributed by atoms with Crippen LogP contribution in [0.3, 0.4) is 0 Å². The predicted octanol–water partition coefficient (Wildman–Crippen LogP) is 2.01. The van der Waals surface area contributed by atoms with Crippen LogP contribution in [-0.2, 0) is 4.74 Å². The van der Waals surface area contributed by atoms with Crippen LogP contribution in [0.2, 0.25) is 0 Å². The quantitative estimate of drug-likeness (QED) is 0.674. The Labute approximate surface area is 84.5 Å². The molecule has 5 heteroatoms. The molecule has 2 aromatic rings. The highest BCUT2D eigenvalue weighted by Crippen LogP contribution is 2.21. The second kappa shape index (κ2) is 3.35. The van der Waals surface area contributed by atoms with Gasteiger partial charge in [0.25, 0.3) is 0 Å². The molecule has 0 fully saturated rings. The maximum atomic E-state index is 5.04. The summed E-state index contributed by atoms with van der Waals surface area (Å²) in [5, 5.41) is 4.43. The fraction of sp³-hybridized carbons (Fsp3) is 0.125. The Morgan fingerprint density at radius 3 is 3.15 bits per heavy atom. The van der Waals surface area contributed by atoms with Crippen LogP contribution in [0, 0.1) is 0 Å². The van der Waals surface area contributed by atoms with Crippen molar-refractivity contribution in [2.75, 3.05) is 7.11 Å². The zero-order valence-corrected chi connectivity index (χ0v) is 8.48. The molecular formula is C8H6N2OS2. The molecule has 1 aromatic heterocycles. The van der Waals surface area contributed by atoms with Crippen molar-refractivity contribution in [2.24, 2.45) is 0 Å². The van der Waals surface area contributed by atoms with Crippen molar-refractivity contribution in [3.8, 4) is 0 Å². The van der Waals surface area contributed by atoms with Crippen LogP contribution >= 0.6 is 23.8 Å². The summed E-state index contributed by atoms with van der Waals surface area (Å²) in [5.74, 6) is 0. The Balaban J connectivity index is 2.67. The molecule has 0 saturated carbocycles. The first-order chi connectivity index (χ1) is 6.33. The second-order valence-electron chi connectivity index (χ2n) is 2.42. The molecule has 66 valence electrons. The summed E-state index contributed by atoms with van der Waals surface area (Å²) in [6.45, 7) is 0. The van der Waals surface area contributed by atoms with E-state index >= 15 is 0 Å². The number of ether oxygens (including phenoxy) is 1. The third-order valence-electron chi connectivity index (χ3n) is 1.68. The monoisotopic (exact) mass is 210 g/mol. The number of rotatable bonds is 1. The number of nitrogens with zero attached hydrogens (tertiary/aromatic N) is 2. The first-order valence-corrected chi connectivity index (χ1v) is 4.80. The molecule has 3 nitrogen and oxygen atoms in total. The number of hydrogen-bond donors (Lipinski definition) is 0. The smallest absolute Gasteiger partial charge is 0.192 e. The van der Waals surface area contributed by atoms with Crippen molar-refractivity contribution in [2.45, 2.75) is 0 Å². The van der Waals surface area contributed by atoms with E-state index in [-0.39, 0.29) is 0 Å². The minimum atomic E-state index is 0.483. The highest BCUT2D eigenvalue weighted by Gasteiger charge is 2.08. The van der Waals surface area contributed by atoms with Crippen LogP contribution in [0.15, 0.2) is 18.2 Å². The lowest BCUT2D eigenvalue weighted by molar-refractivity contribution is 0.416. The molecule has 0 unspecified atom stereocenters. The van der Waals surface area contributed by atoms with E-state index in [1.54, 1.807) is 7.11 Å². The third kappa shape index (κ3) is 1.40. The van der Waals surface area contributed by atoms with Gasteiger partial charge in [0.2, 0.25) is 0 Å². The van der Waals surface area contributed by atoms with Gasteiger partial charge in [-0.05, 0) is 35.9 Å². The van der Waals surface area contributed by atoms with E-state index in [1.165, 1.54) is 11.5 Å². The van der Waals surface area contributed by atoms with Crippen molar-refractivity contribution in [3.63, 3.8) is 0 Å². The van der Waals surface area contributed by atoms with Gasteiger partial charge in [0.15, 0.2) is 5.05 Å². The first-order valence-electron chi connectivity index (χ1n) is 3.62. The van der Waals surface area contributed by atoms with Crippen LogP contribution < -0.4 is 0 Å². The standard InChI is InChI=1S/C8H6N2OS2/c1-11-8(12)5-3-2-4-6-7(5)13-10-9-6/h2-4H,1H3. The number of hydrogen-bond acceptors (Lipinski definition) is 5. The minimum absolute atomic E-state index is 0.483. The van der Waals surface area contributed by atoms with Crippen LogP contribution in [0.25, 0.3) is 10.2 Å². The largest absolute Gasteiger partial charge is 0.486 e. The molecule has 0 spiro atoms. The minimum Gasteiger partial charge on any atom is -0.486 e. The number of methoxy groups -OCH3 is 1. The Bertz CT molecular complexity index is 452. The highest BCUT2D eigenvalue weighted by atomic mass is 32.1. The SMILES string of the molecule is COC(=S)c1cccc2nnsc12. The average molecular weight is 210 g/mol. The van der Waals surface area contributed by atoms with E-state index in [0.717, 1.165) is 15.8 Å². The Morgan fingerprint density at radius 1 is 1.54 bits per heavy atom. The second-order valence-corrected chi connectivity index (χ2v) is 3.54. The first kappa shape index (κ1) is 8.52. The van der Waals surface area contributed by atoms with Crippen LogP contribution in [-0.4, -0.2) is 21.7 Å². The fourth-order valence-electron chi connectivity index (χ4n) is 1.08. The van der Waals surface area contributed by atoms with Crippen molar-refractivity contribution in [1.29, 1.82) is 0 Å². The molecule has 2 rings (SSSR count). The molecule has 0 N–H and O–H groups in total.